The predicted molar refractivity (Wildman–Crippen MR) is 85.0 cm³/mol. The van der Waals surface area contributed by atoms with Gasteiger partial charge in [0.15, 0.2) is 5.82 Å². The van der Waals surface area contributed by atoms with Gasteiger partial charge < -0.3 is 9.80 Å². The zero-order valence-electron chi connectivity index (χ0n) is 13.0. The molecule has 0 radical (unpaired) electrons. The molecular formula is C17H18FN3O. The Balaban J connectivity index is 2.15. The molecule has 0 bridgehead atoms. The van der Waals surface area contributed by atoms with Gasteiger partial charge in [0.2, 0.25) is 5.91 Å². The van der Waals surface area contributed by atoms with E-state index < -0.39 is 5.41 Å². The number of anilines is 2. The van der Waals surface area contributed by atoms with E-state index in [9.17, 15) is 9.18 Å². The highest BCUT2D eigenvalue weighted by atomic mass is 19.1. The second-order valence-corrected chi connectivity index (χ2v) is 6.51. The molecule has 0 saturated heterocycles. The van der Waals surface area contributed by atoms with Gasteiger partial charge in [0, 0.05) is 38.2 Å². The van der Waals surface area contributed by atoms with Crippen molar-refractivity contribution < 1.29 is 9.18 Å². The summed E-state index contributed by atoms with van der Waals surface area (Å²) in [4.78, 5) is 21.1. The maximum atomic E-state index is 13.6. The van der Waals surface area contributed by atoms with Crippen molar-refractivity contribution in [2.24, 2.45) is 0 Å². The van der Waals surface area contributed by atoms with Crippen molar-refractivity contribution in [3.8, 4) is 0 Å². The lowest BCUT2D eigenvalue weighted by Crippen LogP contribution is -2.43. The van der Waals surface area contributed by atoms with Crippen LogP contribution in [0, 0.1) is 5.82 Å². The molecule has 5 heteroatoms. The predicted octanol–water partition coefficient (Wildman–Crippen LogP) is 2.84. The fourth-order valence-electron chi connectivity index (χ4n) is 3.85. The number of hydrogen-bond donors (Lipinski definition) is 0. The van der Waals surface area contributed by atoms with Crippen molar-refractivity contribution >= 4 is 28.3 Å². The molecule has 1 spiro atoms. The van der Waals surface area contributed by atoms with E-state index in [1.165, 1.54) is 12.1 Å². The summed E-state index contributed by atoms with van der Waals surface area (Å²) in [5.74, 6) is 0.577. The first-order valence-electron chi connectivity index (χ1n) is 7.55. The third-order valence-electron chi connectivity index (χ3n) is 5.06. The molecule has 4 nitrogen and oxygen atoms in total. The highest BCUT2D eigenvalue weighted by Crippen LogP contribution is 2.57. The van der Waals surface area contributed by atoms with Crippen molar-refractivity contribution in [2.75, 3.05) is 30.9 Å². The van der Waals surface area contributed by atoms with E-state index >= 15 is 0 Å². The fraction of sp³-hybridized carbons (Fsp3) is 0.412. The van der Waals surface area contributed by atoms with E-state index in [2.05, 4.69) is 4.98 Å². The van der Waals surface area contributed by atoms with Crippen LogP contribution in [0.4, 0.5) is 15.9 Å². The second kappa shape index (κ2) is 4.18. The lowest BCUT2D eigenvalue weighted by Gasteiger charge is -2.37. The van der Waals surface area contributed by atoms with Gasteiger partial charge in [-0.05, 0) is 25.0 Å². The molecule has 1 aromatic heterocycles. The molecule has 0 unspecified atom stereocenters. The Morgan fingerprint density at radius 2 is 2.05 bits per heavy atom. The molecule has 114 valence electrons. The summed E-state index contributed by atoms with van der Waals surface area (Å²) in [6.07, 6.45) is 2.79. The summed E-state index contributed by atoms with van der Waals surface area (Å²) in [6, 6.07) is 4.68. The molecular weight excluding hydrogens is 281 g/mol. The average molecular weight is 299 g/mol. The average Bonchev–Trinajstić information content (AvgIpc) is 2.67. The lowest BCUT2D eigenvalue weighted by molar-refractivity contribution is -0.125. The standard InChI is InChI=1S/C17H18FN3O/c1-20(2)15-14-13(11-6-5-10(18)9-12(11)19-15)17(7-4-8-17)16(22)21(14)3/h5-6,9H,4,7-8H2,1-3H3. The molecule has 1 fully saturated rings. The number of aromatic nitrogens is 1. The van der Waals surface area contributed by atoms with Crippen LogP contribution < -0.4 is 9.80 Å². The summed E-state index contributed by atoms with van der Waals surface area (Å²) >= 11 is 0. The first-order valence-corrected chi connectivity index (χ1v) is 7.55. The largest absolute Gasteiger partial charge is 0.361 e. The molecule has 2 heterocycles. The van der Waals surface area contributed by atoms with E-state index in [-0.39, 0.29) is 11.7 Å². The van der Waals surface area contributed by atoms with Gasteiger partial charge in [0.25, 0.3) is 0 Å². The fourth-order valence-corrected chi connectivity index (χ4v) is 3.85. The Morgan fingerprint density at radius 3 is 2.64 bits per heavy atom. The molecule has 1 aliphatic carbocycles. The number of carbonyl (C=O) groups excluding carboxylic acids is 1. The topological polar surface area (TPSA) is 36.4 Å². The Morgan fingerprint density at radius 1 is 1.32 bits per heavy atom. The van der Waals surface area contributed by atoms with E-state index in [0.717, 1.165) is 41.7 Å². The van der Waals surface area contributed by atoms with Gasteiger partial charge in [-0.2, -0.15) is 0 Å². The molecule has 1 aliphatic heterocycles. The maximum absolute atomic E-state index is 13.6. The lowest BCUT2D eigenvalue weighted by atomic mass is 9.64. The van der Waals surface area contributed by atoms with E-state index in [1.54, 1.807) is 11.0 Å². The minimum atomic E-state index is -0.423. The highest BCUT2D eigenvalue weighted by Gasteiger charge is 2.55. The molecule has 1 saturated carbocycles. The normalized spacial score (nSPS) is 18.7. The van der Waals surface area contributed by atoms with Gasteiger partial charge in [-0.15, -0.1) is 0 Å². The van der Waals surface area contributed by atoms with Crippen LogP contribution in [0.25, 0.3) is 10.9 Å². The molecule has 2 aromatic rings. The van der Waals surface area contributed by atoms with Crippen LogP contribution in [0.15, 0.2) is 18.2 Å². The number of carbonyl (C=O) groups is 1. The van der Waals surface area contributed by atoms with Gasteiger partial charge in [0.1, 0.15) is 5.82 Å². The van der Waals surface area contributed by atoms with Crippen molar-refractivity contribution in [3.05, 3.63) is 29.6 Å². The van der Waals surface area contributed by atoms with Gasteiger partial charge in [0.05, 0.1) is 16.6 Å². The quantitative estimate of drug-likeness (QED) is 0.812. The third-order valence-corrected chi connectivity index (χ3v) is 5.06. The van der Waals surface area contributed by atoms with Gasteiger partial charge in [-0.3, -0.25) is 4.79 Å². The summed E-state index contributed by atoms with van der Waals surface area (Å²) in [5, 5.41) is 0.902. The van der Waals surface area contributed by atoms with Crippen LogP contribution in [0.1, 0.15) is 24.8 Å². The maximum Gasteiger partial charge on any atom is 0.237 e. The van der Waals surface area contributed by atoms with Crippen LogP contribution in [-0.4, -0.2) is 32.0 Å². The third kappa shape index (κ3) is 1.46. The molecule has 0 atom stereocenters. The Hall–Kier alpha value is -2.17. The number of halogens is 1. The molecule has 4 rings (SSSR count). The number of benzene rings is 1. The van der Waals surface area contributed by atoms with Gasteiger partial charge in [-0.25, -0.2) is 9.37 Å². The van der Waals surface area contributed by atoms with Crippen LogP contribution in [0.2, 0.25) is 0 Å². The van der Waals surface area contributed by atoms with E-state index in [1.807, 2.05) is 26.0 Å². The van der Waals surface area contributed by atoms with Crippen LogP contribution >= 0.6 is 0 Å². The van der Waals surface area contributed by atoms with Crippen molar-refractivity contribution in [1.29, 1.82) is 0 Å². The monoisotopic (exact) mass is 299 g/mol. The first-order chi connectivity index (χ1) is 10.5. The molecule has 1 aromatic carbocycles. The van der Waals surface area contributed by atoms with Crippen molar-refractivity contribution in [2.45, 2.75) is 24.7 Å². The number of rotatable bonds is 1. The van der Waals surface area contributed by atoms with E-state index in [0.29, 0.717) is 5.52 Å². The molecule has 0 N–H and O–H groups in total. The number of likely N-dealkylation sites (N-methyl/N-ethyl adjacent to an activating group) is 1. The minimum absolute atomic E-state index is 0.149. The van der Waals surface area contributed by atoms with Crippen LogP contribution in [0.5, 0.6) is 0 Å². The second-order valence-electron chi connectivity index (χ2n) is 6.51. The Kier molecular flexibility index (Phi) is 2.56. The number of amides is 1. The summed E-state index contributed by atoms with van der Waals surface area (Å²) in [7, 11) is 5.62. The highest BCUT2D eigenvalue weighted by molar-refractivity contribution is 6.15. The zero-order chi connectivity index (χ0) is 15.6. The Labute approximate surface area is 128 Å². The van der Waals surface area contributed by atoms with Gasteiger partial charge in [-0.1, -0.05) is 6.42 Å². The van der Waals surface area contributed by atoms with Crippen LogP contribution in [0.3, 0.4) is 0 Å². The number of nitrogens with zero attached hydrogens (tertiary/aromatic N) is 3. The minimum Gasteiger partial charge on any atom is -0.361 e. The van der Waals surface area contributed by atoms with Crippen molar-refractivity contribution in [1.82, 2.24) is 4.98 Å². The smallest absolute Gasteiger partial charge is 0.237 e. The Bertz CT molecular complexity index is 811. The van der Waals surface area contributed by atoms with Crippen molar-refractivity contribution in [3.63, 3.8) is 0 Å². The van der Waals surface area contributed by atoms with Crippen LogP contribution in [-0.2, 0) is 10.2 Å². The first kappa shape index (κ1) is 13.5. The molecule has 1 amide bonds. The SMILES string of the molecule is CN(C)c1nc2cc(F)ccc2c2c1N(C)C(=O)C21CCC1. The number of hydrogen-bond acceptors (Lipinski definition) is 3. The van der Waals surface area contributed by atoms with E-state index in [4.69, 9.17) is 0 Å². The molecule has 22 heavy (non-hydrogen) atoms. The summed E-state index contributed by atoms with van der Waals surface area (Å²) in [5.41, 5.74) is 2.12. The summed E-state index contributed by atoms with van der Waals surface area (Å²) in [6.45, 7) is 0. The number of fused-ring (bicyclic) bond motifs is 4. The van der Waals surface area contributed by atoms with Gasteiger partial charge >= 0.3 is 0 Å². The summed E-state index contributed by atoms with van der Waals surface area (Å²) < 4.78 is 13.6. The number of pyridine rings is 1. The molecule has 2 aliphatic rings. The zero-order valence-corrected chi connectivity index (χ0v) is 13.0.